The van der Waals surface area contributed by atoms with E-state index in [0.717, 1.165) is 0 Å². The third-order valence-corrected chi connectivity index (χ3v) is 1.49. The van der Waals surface area contributed by atoms with Gasteiger partial charge in [-0.05, 0) is 13.0 Å². The molecule has 1 aromatic heterocycles. The first-order valence-corrected chi connectivity index (χ1v) is 3.44. The molecule has 1 heterocycles. The summed E-state index contributed by atoms with van der Waals surface area (Å²) in [5.41, 5.74) is 0.455. The van der Waals surface area contributed by atoms with Crippen LogP contribution in [-0.2, 0) is 0 Å². The fourth-order valence-electron chi connectivity index (χ4n) is 0.910. The Morgan fingerprint density at radius 3 is 2.67 bits per heavy atom. The molecule has 0 atom stereocenters. The summed E-state index contributed by atoms with van der Waals surface area (Å²) in [4.78, 5) is 3.83. The van der Waals surface area contributed by atoms with Gasteiger partial charge in [0.1, 0.15) is 5.75 Å². The number of nitrogens with zero attached hydrogens (tertiary/aromatic N) is 1. The average molecular weight is 173 g/mol. The van der Waals surface area contributed by atoms with Crippen molar-refractivity contribution in [1.29, 1.82) is 0 Å². The maximum absolute atomic E-state index is 12.3. The lowest BCUT2D eigenvalue weighted by Crippen LogP contribution is -1.94. The Balaban J connectivity index is 3.12. The van der Waals surface area contributed by atoms with E-state index in [2.05, 4.69) is 4.98 Å². The summed E-state index contributed by atoms with van der Waals surface area (Å²) in [6, 6.07) is 1.32. The molecule has 0 aliphatic rings. The molecule has 1 aromatic rings. The van der Waals surface area contributed by atoms with Crippen LogP contribution in [0.1, 0.15) is 17.7 Å². The molecule has 66 valence electrons. The summed E-state index contributed by atoms with van der Waals surface area (Å²) in [5.74, 6) is 0.135. The molecule has 0 N–H and O–H groups in total. The number of methoxy groups -OCH3 is 1. The number of pyridine rings is 1. The van der Waals surface area contributed by atoms with Gasteiger partial charge in [-0.2, -0.15) is 0 Å². The molecule has 1 rings (SSSR count). The molecule has 0 radical (unpaired) electrons. The van der Waals surface area contributed by atoms with Crippen molar-refractivity contribution < 1.29 is 13.5 Å². The monoisotopic (exact) mass is 173 g/mol. The van der Waals surface area contributed by atoms with Crippen LogP contribution in [0.25, 0.3) is 0 Å². The van der Waals surface area contributed by atoms with Crippen molar-refractivity contribution >= 4 is 0 Å². The lowest BCUT2D eigenvalue weighted by atomic mass is 10.2. The Morgan fingerprint density at radius 1 is 1.50 bits per heavy atom. The number of hydrogen-bond donors (Lipinski definition) is 0. The van der Waals surface area contributed by atoms with Crippen LogP contribution in [0.15, 0.2) is 12.3 Å². The Morgan fingerprint density at radius 2 is 2.17 bits per heavy atom. The first-order valence-electron chi connectivity index (χ1n) is 3.44. The number of halogens is 2. The zero-order chi connectivity index (χ0) is 9.14. The SMILES string of the molecule is COc1cnc(C)cc1C(F)F. The Kier molecular flexibility index (Phi) is 2.58. The second kappa shape index (κ2) is 3.47. The van der Waals surface area contributed by atoms with Gasteiger partial charge in [0.2, 0.25) is 0 Å². The van der Waals surface area contributed by atoms with Crippen LogP contribution >= 0.6 is 0 Å². The minimum Gasteiger partial charge on any atom is -0.495 e. The smallest absolute Gasteiger partial charge is 0.267 e. The molecule has 2 nitrogen and oxygen atoms in total. The van der Waals surface area contributed by atoms with Gasteiger partial charge in [-0.3, -0.25) is 4.98 Å². The highest BCUT2D eigenvalue weighted by Gasteiger charge is 2.13. The van der Waals surface area contributed by atoms with Gasteiger partial charge in [-0.1, -0.05) is 0 Å². The van der Waals surface area contributed by atoms with E-state index in [0.29, 0.717) is 5.69 Å². The summed E-state index contributed by atoms with van der Waals surface area (Å²) in [5, 5.41) is 0. The largest absolute Gasteiger partial charge is 0.495 e. The molecule has 0 unspecified atom stereocenters. The molecule has 0 aliphatic heterocycles. The van der Waals surface area contributed by atoms with Gasteiger partial charge < -0.3 is 4.74 Å². The van der Waals surface area contributed by atoms with Gasteiger partial charge in [0.25, 0.3) is 6.43 Å². The summed E-state index contributed by atoms with van der Waals surface area (Å²) in [6.07, 6.45) is -1.21. The van der Waals surface area contributed by atoms with E-state index >= 15 is 0 Å². The highest BCUT2D eigenvalue weighted by molar-refractivity contribution is 5.33. The third kappa shape index (κ3) is 1.69. The predicted octanol–water partition coefficient (Wildman–Crippen LogP) is 2.34. The zero-order valence-corrected chi connectivity index (χ0v) is 6.84. The van der Waals surface area contributed by atoms with Crippen LogP contribution in [0.2, 0.25) is 0 Å². The van der Waals surface area contributed by atoms with Crippen LogP contribution in [0.3, 0.4) is 0 Å². The molecule has 0 spiro atoms. The summed E-state index contributed by atoms with van der Waals surface area (Å²) in [6.45, 7) is 1.66. The van der Waals surface area contributed by atoms with Crippen molar-refractivity contribution in [3.05, 3.63) is 23.5 Å². The molecular formula is C8H9F2NO. The second-order valence-corrected chi connectivity index (χ2v) is 2.37. The van der Waals surface area contributed by atoms with E-state index in [1.165, 1.54) is 19.4 Å². The minimum absolute atomic E-state index is 0.106. The highest BCUT2D eigenvalue weighted by Crippen LogP contribution is 2.28. The summed E-state index contributed by atoms with van der Waals surface area (Å²) >= 11 is 0. The van der Waals surface area contributed by atoms with Crippen molar-refractivity contribution in [2.45, 2.75) is 13.3 Å². The van der Waals surface area contributed by atoms with Gasteiger partial charge in [0.05, 0.1) is 18.9 Å². The molecule has 12 heavy (non-hydrogen) atoms. The van der Waals surface area contributed by atoms with Crippen molar-refractivity contribution in [3.63, 3.8) is 0 Å². The number of hydrogen-bond acceptors (Lipinski definition) is 2. The normalized spacial score (nSPS) is 10.4. The number of rotatable bonds is 2. The van der Waals surface area contributed by atoms with E-state index in [4.69, 9.17) is 4.74 Å². The van der Waals surface area contributed by atoms with Crippen molar-refractivity contribution in [2.75, 3.05) is 7.11 Å². The quantitative estimate of drug-likeness (QED) is 0.684. The van der Waals surface area contributed by atoms with Crippen LogP contribution < -0.4 is 4.74 Å². The maximum Gasteiger partial charge on any atom is 0.267 e. The van der Waals surface area contributed by atoms with E-state index in [-0.39, 0.29) is 11.3 Å². The zero-order valence-electron chi connectivity index (χ0n) is 6.84. The number of ether oxygens (including phenoxy) is 1. The Labute approximate surface area is 69.2 Å². The molecule has 0 saturated carbocycles. The van der Waals surface area contributed by atoms with E-state index in [1.54, 1.807) is 6.92 Å². The lowest BCUT2D eigenvalue weighted by molar-refractivity contribution is 0.147. The van der Waals surface area contributed by atoms with E-state index in [9.17, 15) is 8.78 Å². The number of aromatic nitrogens is 1. The fraction of sp³-hybridized carbons (Fsp3) is 0.375. The average Bonchev–Trinajstić information content (AvgIpc) is 2.04. The Hall–Kier alpha value is -1.19. The van der Waals surface area contributed by atoms with Gasteiger partial charge in [0.15, 0.2) is 0 Å². The second-order valence-electron chi connectivity index (χ2n) is 2.37. The minimum atomic E-state index is -2.51. The fourth-order valence-corrected chi connectivity index (χ4v) is 0.910. The van der Waals surface area contributed by atoms with Crippen molar-refractivity contribution in [1.82, 2.24) is 4.98 Å². The molecule has 0 bridgehead atoms. The first-order chi connectivity index (χ1) is 5.65. The third-order valence-electron chi connectivity index (χ3n) is 1.49. The lowest BCUT2D eigenvalue weighted by Gasteiger charge is -2.06. The van der Waals surface area contributed by atoms with Crippen molar-refractivity contribution in [2.24, 2.45) is 0 Å². The molecule has 0 aliphatic carbocycles. The standard InChI is InChI=1S/C8H9F2NO/c1-5-3-6(8(9)10)7(12-2)4-11-5/h3-4,8H,1-2H3. The maximum atomic E-state index is 12.3. The number of alkyl halides is 2. The van der Waals surface area contributed by atoms with Crippen LogP contribution in [0.5, 0.6) is 5.75 Å². The highest BCUT2D eigenvalue weighted by atomic mass is 19.3. The number of aryl methyl sites for hydroxylation is 1. The van der Waals surface area contributed by atoms with Crippen LogP contribution in [0.4, 0.5) is 8.78 Å². The van der Waals surface area contributed by atoms with Gasteiger partial charge in [-0.25, -0.2) is 8.78 Å². The molecule has 0 fully saturated rings. The van der Waals surface area contributed by atoms with Crippen LogP contribution in [-0.4, -0.2) is 12.1 Å². The molecule has 0 saturated heterocycles. The summed E-state index contributed by atoms with van der Waals surface area (Å²) in [7, 11) is 1.35. The first kappa shape index (κ1) is 8.90. The van der Waals surface area contributed by atoms with Crippen LogP contribution in [0, 0.1) is 6.92 Å². The van der Waals surface area contributed by atoms with Crippen molar-refractivity contribution in [3.8, 4) is 5.75 Å². The molecule has 0 amide bonds. The van der Waals surface area contributed by atoms with Gasteiger partial charge in [-0.15, -0.1) is 0 Å². The molecule has 4 heteroatoms. The Bertz CT molecular complexity index is 276. The van der Waals surface area contributed by atoms with E-state index in [1.807, 2.05) is 0 Å². The van der Waals surface area contributed by atoms with Gasteiger partial charge in [0, 0.05) is 5.69 Å². The molecule has 0 aromatic carbocycles. The molecular weight excluding hydrogens is 164 g/mol. The summed E-state index contributed by atoms with van der Waals surface area (Å²) < 4.78 is 29.3. The topological polar surface area (TPSA) is 22.1 Å². The predicted molar refractivity (Wildman–Crippen MR) is 40.5 cm³/mol. The van der Waals surface area contributed by atoms with E-state index < -0.39 is 6.43 Å². The van der Waals surface area contributed by atoms with Gasteiger partial charge >= 0.3 is 0 Å².